The van der Waals surface area contributed by atoms with Crippen LogP contribution in [-0.4, -0.2) is 31.4 Å². The number of nitrogens with zero attached hydrogens (tertiary/aromatic N) is 1. The van der Waals surface area contributed by atoms with Crippen LogP contribution in [0.1, 0.15) is 26.3 Å². The van der Waals surface area contributed by atoms with Gasteiger partial charge in [-0.05, 0) is 0 Å². The number of carbonyl (C=O) groups excluding carboxylic acids is 1. The maximum atomic E-state index is 12.9. The van der Waals surface area contributed by atoms with Gasteiger partial charge in [0.05, 0.1) is 0 Å². The first-order chi connectivity index (χ1) is 10.5. The third-order valence-corrected chi connectivity index (χ3v) is 5.16. The molecule has 0 aliphatic rings. The van der Waals surface area contributed by atoms with Crippen LogP contribution in [0.5, 0.6) is 5.75 Å². The summed E-state index contributed by atoms with van der Waals surface area (Å²) in [6.07, 6.45) is 0.467. The maximum absolute atomic E-state index is 12.9. The summed E-state index contributed by atoms with van der Waals surface area (Å²) >= 11 is 2.01. The van der Waals surface area contributed by atoms with Crippen LogP contribution in [0.25, 0.3) is 0 Å². The molecule has 0 unspecified atom stereocenters. The average molecular weight is 369 g/mol. The second-order valence-electron chi connectivity index (χ2n) is 7.36. The molecule has 1 aromatic rings. The van der Waals surface area contributed by atoms with Gasteiger partial charge in [-0.3, -0.25) is 0 Å². The number of amides is 1. The van der Waals surface area contributed by atoms with E-state index in [-0.39, 0.29) is 6.09 Å². The van der Waals surface area contributed by atoms with Crippen LogP contribution in [0.3, 0.4) is 0 Å². The molecule has 1 amide bonds. The van der Waals surface area contributed by atoms with Crippen LogP contribution in [0, 0.1) is 0 Å². The summed E-state index contributed by atoms with van der Waals surface area (Å²) in [6.45, 7) is 12.0. The van der Waals surface area contributed by atoms with Crippen molar-refractivity contribution >= 4 is 24.3 Å². The summed E-state index contributed by atoms with van der Waals surface area (Å²) in [5, 5.41) is 0. The summed E-state index contributed by atoms with van der Waals surface area (Å²) < 4.78 is 15.1. The van der Waals surface area contributed by atoms with E-state index in [0.29, 0.717) is 5.75 Å². The van der Waals surface area contributed by atoms with Gasteiger partial charge < -0.3 is 0 Å². The molecule has 1 aromatic carbocycles. The van der Waals surface area contributed by atoms with E-state index in [1.807, 2.05) is 63.5 Å². The van der Waals surface area contributed by atoms with Gasteiger partial charge in [-0.15, -0.1) is 0 Å². The van der Waals surface area contributed by atoms with Crippen molar-refractivity contribution in [3.8, 4) is 5.75 Å². The predicted octanol–water partition coefficient (Wildman–Crippen LogP) is 4.16. The number of hydrogen-bond acceptors (Lipinski definition) is 3. The second kappa shape index (κ2) is 7.77. The molecule has 0 aliphatic carbocycles. The first-order valence-electron chi connectivity index (χ1n) is 7.69. The molecule has 0 fully saturated rings. The summed E-state index contributed by atoms with van der Waals surface area (Å²) in [6, 6.07) is 5.89. The zero-order valence-corrected chi connectivity index (χ0v) is 17.8. The Labute approximate surface area is 152 Å². The van der Waals surface area contributed by atoms with E-state index < -0.39 is 13.8 Å². The Morgan fingerprint density at radius 3 is 2.35 bits per heavy atom. The molecule has 0 atom stereocenters. The van der Waals surface area contributed by atoms with Crippen molar-refractivity contribution < 1.29 is 34.2 Å². The van der Waals surface area contributed by atoms with Gasteiger partial charge in [0.1, 0.15) is 0 Å². The van der Waals surface area contributed by atoms with Crippen LogP contribution >= 0.6 is 0 Å². The van der Waals surface area contributed by atoms with Crippen LogP contribution in [0.4, 0.5) is 10.5 Å². The van der Waals surface area contributed by atoms with Crippen molar-refractivity contribution in [3.05, 3.63) is 23.8 Å². The third kappa shape index (κ3) is 5.59. The van der Waals surface area contributed by atoms with Crippen LogP contribution in [-0.2, 0) is 31.1 Å². The SMILES string of the molecule is COc1cccc(C[CH]=[Ti+2])c1N(C(=O)OC(C)(C)C)[Si](C)(C)C. The molecule has 124 valence electrons. The van der Waals surface area contributed by atoms with Gasteiger partial charge in [-0.2, -0.15) is 0 Å². The molecule has 1 rings (SSSR count). The Balaban J connectivity index is 3.49. The molecule has 0 saturated carbocycles. The Kier molecular flexibility index (Phi) is 6.81. The molecule has 0 N–H and O–H groups in total. The van der Waals surface area contributed by atoms with E-state index in [2.05, 4.69) is 24.0 Å². The predicted molar refractivity (Wildman–Crippen MR) is 94.8 cm³/mol. The van der Waals surface area contributed by atoms with E-state index in [9.17, 15) is 4.79 Å². The number of methoxy groups -OCH3 is 1. The molecule has 0 aliphatic heterocycles. The van der Waals surface area contributed by atoms with E-state index in [4.69, 9.17) is 9.47 Å². The third-order valence-electron chi connectivity index (χ3n) is 3.09. The molecule has 0 bridgehead atoms. The van der Waals surface area contributed by atoms with Gasteiger partial charge in [-0.1, -0.05) is 0 Å². The van der Waals surface area contributed by atoms with E-state index >= 15 is 0 Å². The number of rotatable bonds is 5. The normalized spacial score (nSPS) is 11.9. The number of anilines is 1. The first kappa shape index (κ1) is 20.1. The van der Waals surface area contributed by atoms with Crippen molar-refractivity contribution in [1.29, 1.82) is 0 Å². The van der Waals surface area contributed by atoms with Gasteiger partial charge >= 0.3 is 152 Å². The molecule has 0 aromatic heterocycles. The van der Waals surface area contributed by atoms with Crippen LogP contribution in [0.2, 0.25) is 19.6 Å². The summed E-state index contributed by atoms with van der Waals surface area (Å²) in [5.74, 6) is 0.706. The number of ether oxygens (including phenoxy) is 2. The second-order valence-corrected chi connectivity index (χ2v) is 12.8. The van der Waals surface area contributed by atoms with Crippen molar-refractivity contribution in [2.45, 2.75) is 52.4 Å². The quantitative estimate of drug-likeness (QED) is 0.732. The van der Waals surface area contributed by atoms with Gasteiger partial charge in [0.25, 0.3) is 0 Å². The van der Waals surface area contributed by atoms with Crippen molar-refractivity contribution in [2.75, 3.05) is 11.7 Å². The molecule has 4 nitrogen and oxygen atoms in total. The van der Waals surface area contributed by atoms with Crippen molar-refractivity contribution in [2.24, 2.45) is 0 Å². The molecule has 0 heterocycles. The molecule has 0 saturated heterocycles. The van der Waals surface area contributed by atoms with Crippen LogP contribution < -0.4 is 9.30 Å². The molecule has 0 spiro atoms. The number of carbonyl (C=O) groups is 1. The fourth-order valence-electron chi connectivity index (χ4n) is 2.27. The molecular weight excluding hydrogens is 342 g/mol. The standard InChI is InChI=1S/C17H27NO3Si.Ti/c1-9-13-11-10-12-14(20-5)15(13)18(22(6,7)8)16(19)21-17(2,3)4;/h1,10-12H,9H2,2-8H3;/q;+2. The minimum absolute atomic E-state index is 0.307. The van der Waals surface area contributed by atoms with Gasteiger partial charge in [0, 0.05) is 0 Å². The average Bonchev–Trinajstić information content (AvgIpc) is 2.37. The molecule has 6 heteroatoms. The Morgan fingerprint density at radius 2 is 1.91 bits per heavy atom. The molecule has 0 radical (unpaired) electrons. The number of para-hydroxylation sites is 1. The van der Waals surface area contributed by atoms with Crippen LogP contribution in [0.15, 0.2) is 18.2 Å². The Bertz CT molecular complexity index is 576. The van der Waals surface area contributed by atoms with Crippen molar-refractivity contribution in [3.63, 3.8) is 0 Å². The fourth-order valence-corrected chi connectivity index (χ4v) is 4.13. The first-order valence-corrected chi connectivity index (χ1v) is 12.0. The number of benzene rings is 1. The van der Waals surface area contributed by atoms with E-state index in [1.165, 1.54) is 0 Å². The van der Waals surface area contributed by atoms with Gasteiger partial charge in [0.2, 0.25) is 0 Å². The molecular formula is C17H27NO3SiTi+2. The zero-order valence-electron chi connectivity index (χ0n) is 15.2. The Hall–Kier alpha value is -0.909. The zero-order chi connectivity index (χ0) is 17.8. The van der Waals surface area contributed by atoms with Gasteiger partial charge in [0.15, 0.2) is 0 Å². The van der Waals surface area contributed by atoms with Gasteiger partial charge in [-0.25, -0.2) is 0 Å². The Morgan fingerprint density at radius 1 is 1.30 bits per heavy atom. The molecule has 23 heavy (non-hydrogen) atoms. The summed E-state index contributed by atoms with van der Waals surface area (Å²) in [7, 11) is -0.399. The monoisotopic (exact) mass is 369 g/mol. The number of hydrogen-bond donors (Lipinski definition) is 0. The minimum atomic E-state index is -2.03. The fraction of sp³-hybridized carbons (Fsp3) is 0.529. The summed E-state index contributed by atoms with van der Waals surface area (Å²) in [4.78, 5) is 12.9. The summed E-state index contributed by atoms with van der Waals surface area (Å²) in [5.41, 5.74) is 1.37. The van der Waals surface area contributed by atoms with Crippen molar-refractivity contribution in [1.82, 2.24) is 0 Å². The topological polar surface area (TPSA) is 38.8 Å². The van der Waals surface area contributed by atoms with E-state index in [0.717, 1.165) is 17.7 Å². The van der Waals surface area contributed by atoms with E-state index in [1.54, 1.807) is 7.11 Å².